The summed E-state index contributed by atoms with van der Waals surface area (Å²) in [6.07, 6.45) is 0.430. The molecule has 3 nitrogen and oxygen atoms in total. The maximum Gasteiger partial charge on any atom is 0.254 e. The van der Waals surface area contributed by atoms with Crippen LogP contribution in [0.15, 0.2) is 24.3 Å². The molecule has 90 valence electrons. The first-order valence-corrected chi connectivity index (χ1v) is 5.91. The third-order valence-corrected chi connectivity index (χ3v) is 3.47. The number of hydrogen-bond acceptors (Lipinski definition) is 2. The first kappa shape index (κ1) is 12.1. The largest absolute Gasteiger partial charge is 0.326 e. The summed E-state index contributed by atoms with van der Waals surface area (Å²) >= 11 is 5.86. The number of benzene rings is 1. The van der Waals surface area contributed by atoms with Crippen LogP contribution in [0.5, 0.6) is 0 Å². The molecular formula is C13H14ClNO2. The monoisotopic (exact) mass is 251 g/mol. The van der Waals surface area contributed by atoms with Gasteiger partial charge in [-0.2, -0.15) is 0 Å². The van der Waals surface area contributed by atoms with Crippen LogP contribution in [0.2, 0.25) is 5.02 Å². The summed E-state index contributed by atoms with van der Waals surface area (Å²) in [7, 11) is 0. The summed E-state index contributed by atoms with van der Waals surface area (Å²) < 4.78 is 0. The highest BCUT2D eigenvalue weighted by Gasteiger charge is 2.42. The van der Waals surface area contributed by atoms with Crippen molar-refractivity contribution in [2.45, 2.75) is 25.8 Å². The average molecular weight is 252 g/mol. The lowest BCUT2D eigenvalue weighted by molar-refractivity contribution is -0.123. The minimum Gasteiger partial charge on any atom is -0.326 e. The molecule has 0 radical (unpaired) electrons. The highest BCUT2D eigenvalue weighted by Crippen LogP contribution is 2.27. The number of hydrogen-bond donors (Lipinski definition) is 0. The van der Waals surface area contributed by atoms with Gasteiger partial charge in [-0.15, -0.1) is 0 Å². The first-order chi connectivity index (χ1) is 7.93. The molecule has 1 aliphatic heterocycles. The fourth-order valence-corrected chi connectivity index (χ4v) is 2.27. The lowest BCUT2D eigenvalue weighted by Crippen LogP contribution is -2.46. The molecule has 0 atom stereocenters. The molecule has 1 aliphatic rings. The summed E-state index contributed by atoms with van der Waals surface area (Å²) in [4.78, 5) is 25.6. The Hall–Kier alpha value is -1.35. The number of ketones is 1. The Bertz CT molecular complexity index is 482. The van der Waals surface area contributed by atoms with Gasteiger partial charge >= 0.3 is 0 Å². The summed E-state index contributed by atoms with van der Waals surface area (Å²) in [5.41, 5.74) is -0.181. The number of rotatable bonds is 1. The molecule has 0 spiro atoms. The van der Waals surface area contributed by atoms with E-state index in [0.29, 0.717) is 23.6 Å². The van der Waals surface area contributed by atoms with Gasteiger partial charge in [-0.3, -0.25) is 9.59 Å². The van der Waals surface area contributed by atoms with Crippen LogP contribution < -0.4 is 0 Å². The van der Waals surface area contributed by atoms with Gasteiger partial charge in [0.2, 0.25) is 0 Å². The summed E-state index contributed by atoms with van der Waals surface area (Å²) in [6.45, 7) is 4.05. The second-order valence-electron chi connectivity index (χ2n) is 4.70. The maximum atomic E-state index is 12.3. The van der Waals surface area contributed by atoms with Crippen molar-refractivity contribution in [3.05, 3.63) is 34.9 Å². The van der Waals surface area contributed by atoms with E-state index in [1.54, 1.807) is 43.0 Å². The molecule has 1 heterocycles. The van der Waals surface area contributed by atoms with Crippen molar-refractivity contribution < 1.29 is 9.59 Å². The van der Waals surface area contributed by atoms with Crippen molar-refractivity contribution in [2.75, 3.05) is 6.54 Å². The number of amides is 1. The number of carbonyl (C=O) groups excluding carboxylic acids is 2. The number of carbonyl (C=O) groups is 2. The lowest BCUT2D eigenvalue weighted by atomic mass is 10.00. The summed E-state index contributed by atoms with van der Waals surface area (Å²) in [6, 6.07) is 6.80. The van der Waals surface area contributed by atoms with Gasteiger partial charge in [0.15, 0.2) is 5.78 Å². The molecule has 1 aromatic rings. The van der Waals surface area contributed by atoms with Gasteiger partial charge < -0.3 is 4.90 Å². The number of likely N-dealkylation sites (tertiary alicyclic amines) is 1. The van der Waals surface area contributed by atoms with Crippen molar-refractivity contribution in [3.8, 4) is 0 Å². The normalized spacial score (nSPS) is 18.5. The Morgan fingerprint density at radius 3 is 2.65 bits per heavy atom. The fraction of sp³-hybridized carbons (Fsp3) is 0.385. The Labute approximate surface area is 105 Å². The lowest BCUT2D eigenvalue weighted by Gasteiger charge is -2.30. The zero-order chi connectivity index (χ0) is 12.6. The van der Waals surface area contributed by atoms with Crippen molar-refractivity contribution in [3.63, 3.8) is 0 Å². The van der Waals surface area contributed by atoms with Gasteiger partial charge in [0.25, 0.3) is 5.91 Å². The number of halogens is 1. The maximum absolute atomic E-state index is 12.3. The topological polar surface area (TPSA) is 37.4 Å². The SMILES string of the molecule is CC1(C)C(=O)CCN1C(=O)c1cccc(Cl)c1. The zero-order valence-corrected chi connectivity index (χ0v) is 10.6. The smallest absolute Gasteiger partial charge is 0.254 e. The van der Waals surface area contributed by atoms with Crippen LogP contribution in [-0.2, 0) is 4.79 Å². The molecule has 1 saturated heterocycles. The van der Waals surface area contributed by atoms with E-state index in [-0.39, 0.29) is 11.7 Å². The van der Waals surface area contributed by atoms with Gasteiger partial charge in [0, 0.05) is 23.6 Å². The van der Waals surface area contributed by atoms with Gasteiger partial charge in [0.1, 0.15) is 0 Å². The highest BCUT2D eigenvalue weighted by atomic mass is 35.5. The summed E-state index contributed by atoms with van der Waals surface area (Å²) in [5, 5.41) is 0.527. The van der Waals surface area contributed by atoms with Crippen molar-refractivity contribution in [2.24, 2.45) is 0 Å². The Morgan fingerprint density at radius 1 is 1.41 bits per heavy atom. The standard InChI is InChI=1S/C13H14ClNO2/c1-13(2)11(16)6-7-15(13)12(17)9-4-3-5-10(14)8-9/h3-5,8H,6-7H2,1-2H3. The Balaban J connectivity index is 2.30. The second-order valence-corrected chi connectivity index (χ2v) is 5.14. The van der Waals surface area contributed by atoms with Gasteiger partial charge in [-0.05, 0) is 32.0 Å². The Morgan fingerprint density at radius 2 is 2.12 bits per heavy atom. The molecule has 0 N–H and O–H groups in total. The minimum atomic E-state index is -0.709. The van der Waals surface area contributed by atoms with E-state index in [9.17, 15) is 9.59 Å². The number of nitrogens with zero attached hydrogens (tertiary/aromatic N) is 1. The number of Topliss-reactive ketones (excluding diaryl/α,β-unsaturated/α-hetero) is 1. The molecule has 2 rings (SSSR count). The summed E-state index contributed by atoms with van der Waals surface area (Å²) in [5.74, 6) is -0.0313. The zero-order valence-electron chi connectivity index (χ0n) is 9.87. The quantitative estimate of drug-likeness (QED) is 0.769. The fourth-order valence-electron chi connectivity index (χ4n) is 2.08. The van der Waals surface area contributed by atoms with E-state index in [2.05, 4.69) is 0 Å². The van der Waals surface area contributed by atoms with E-state index in [1.807, 2.05) is 0 Å². The van der Waals surface area contributed by atoms with Crippen molar-refractivity contribution in [1.29, 1.82) is 0 Å². The molecule has 4 heteroatoms. The van der Waals surface area contributed by atoms with Crippen LogP contribution in [0.25, 0.3) is 0 Å². The molecule has 17 heavy (non-hydrogen) atoms. The predicted octanol–water partition coefficient (Wildman–Crippen LogP) is 2.53. The minimum absolute atomic E-state index is 0.105. The Kier molecular flexibility index (Phi) is 2.96. The van der Waals surface area contributed by atoms with E-state index >= 15 is 0 Å². The van der Waals surface area contributed by atoms with Crippen LogP contribution >= 0.6 is 11.6 Å². The molecular weight excluding hydrogens is 238 g/mol. The molecule has 0 unspecified atom stereocenters. The van der Waals surface area contributed by atoms with E-state index < -0.39 is 5.54 Å². The van der Waals surface area contributed by atoms with E-state index in [1.165, 1.54) is 0 Å². The molecule has 1 fully saturated rings. The molecule has 1 aromatic carbocycles. The average Bonchev–Trinajstić information content (AvgIpc) is 2.53. The molecule has 0 aliphatic carbocycles. The second kappa shape index (κ2) is 4.15. The molecule has 0 aromatic heterocycles. The predicted molar refractivity (Wildman–Crippen MR) is 66.2 cm³/mol. The van der Waals surface area contributed by atoms with Gasteiger partial charge in [-0.1, -0.05) is 17.7 Å². The first-order valence-electron chi connectivity index (χ1n) is 5.54. The third-order valence-electron chi connectivity index (χ3n) is 3.24. The molecule has 0 bridgehead atoms. The van der Waals surface area contributed by atoms with Gasteiger partial charge in [0.05, 0.1) is 5.54 Å². The van der Waals surface area contributed by atoms with Crippen molar-refractivity contribution >= 4 is 23.3 Å². The van der Waals surface area contributed by atoms with E-state index in [0.717, 1.165) is 0 Å². The van der Waals surface area contributed by atoms with E-state index in [4.69, 9.17) is 11.6 Å². The van der Waals surface area contributed by atoms with Crippen LogP contribution in [0.1, 0.15) is 30.6 Å². The van der Waals surface area contributed by atoms with Crippen LogP contribution in [-0.4, -0.2) is 28.7 Å². The highest BCUT2D eigenvalue weighted by molar-refractivity contribution is 6.31. The van der Waals surface area contributed by atoms with Gasteiger partial charge in [-0.25, -0.2) is 0 Å². The van der Waals surface area contributed by atoms with Crippen molar-refractivity contribution in [1.82, 2.24) is 4.90 Å². The molecule has 0 saturated carbocycles. The molecule has 1 amide bonds. The third kappa shape index (κ3) is 2.07. The van der Waals surface area contributed by atoms with Crippen LogP contribution in [0.4, 0.5) is 0 Å². The van der Waals surface area contributed by atoms with Crippen LogP contribution in [0, 0.1) is 0 Å². The van der Waals surface area contributed by atoms with Crippen LogP contribution in [0.3, 0.4) is 0 Å².